The van der Waals surface area contributed by atoms with E-state index in [1.165, 1.54) is 0 Å². The van der Waals surface area contributed by atoms with Gasteiger partial charge in [0.15, 0.2) is 0 Å². The summed E-state index contributed by atoms with van der Waals surface area (Å²) in [5, 5.41) is 69.6. The Balaban J connectivity index is 1.41. The standard InChI is InChI=1S/C48H46O6/c1-26-9-33-20-35-15-29-11-27-5-7-42(49)31(13-27)19-32-14-28(6-8-43(32)50)12-30-17-37(22-36(16-29)45(35)52)46(53)38(18-30)23-40-25-41(48(2,3)4)24-39(47(40)54)21-34(10-26)44(33)51/h5-10,13-18,24-25,49-54H,11-12,19-23H2,1-4H3. The first-order valence-corrected chi connectivity index (χ1v) is 18.6. The van der Waals surface area contributed by atoms with Gasteiger partial charge in [-0.1, -0.05) is 99.1 Å². The maximum atomic E-state index is 12.1. The van der Waals surface area contributed by atoms with Gasteiger partial charge >= 0.3 is 0 Å². The van der Waals surface area contributed by atoms with E-state index in [9.17, 15) is 30.6 Å². The zero-order valence-electron chi connectivity index (χ0n) is 31.2. The van der Waals surface area contributed by atoms with Crippen molar-refractivity contribution in [1.82, 2.24) is 0 Å². The number of hydrogen-bond donors (Lipinski definition) is 6. The molecule has 0 fully saturated rings. The minimum Gasteiger partial charge on any atom is -0.508 e. The van der Waals surface area contributed by atoms with Gasteiger partial charge in [0, 0.05) is 32.1 Å². The summed E-state index contributed by atoms with van der Waals surface area (Å²) in [6.45, 7) is 8.39. The third kappa shape index (κ3) is 6.73. The Hall–Kier alpha value is -5.88. The van der Waals surface area contributed by atoms with Crippen LogP contribution < -0.4 is 0 Å². The molecule has 0 saturated heterocycles. The predicted molar refractivity (Wildman–Crippen MR) is 212 cm³/mol. The lowest BCUT2D eigenvalue weighted by molar-refractivity contribution is 0.449. The van der Waals surface area contributed by atoms with E-state index >= 15 is 0 Å². The van der Waals surface area contributed by atoms with Crippen LogP contribution in [0, 0.1) is 6.92 Å². The topological polar surface area (TPSA) is 121 Å². The molecule has 0 saturated carbocycles. The molecule has 6 heteroatoms. The molecule has 0 heterocycles. The van der Waals surface area contributed by atoms with E-state index in [0.717, 1.165) is 33.4 Å². The third-order valence-corrected chi connectivity index (χ3v) is 11.2. The lowest BCUT2D eigenvalue weighted by atomic mass is 9.82. The molecule has 0 spiro atoms. The van der Waals surface area contributed by atoms with Crippen LogP contribution in [0.1, 0.15) is 110 Å². The highest BCUT2D eigenvalue weighted by Gasteiger charge is 2.24. The lowest BCUT2D eigenvalue weighted by Gasteiger charge is -2.24. The number of aryl methyl sites for hydroxylation is 1. The van der Waals surface area contributed by atoms with Crippen molar-refractivity contribution in [1.29, 1.82) is 0 Å². The van der Waals surface area contributed by atoms with Gasteiger partial charge < -0.3 is 30.6 Å². The van der Waals surface area contributed by atoms with Crippen LogP contribution in [0.15, 0.2) is 84.9 Å². The Morgan fingerprint density at radius 2 is 0.648 bits per heavy atom. The molecule has 6 aromatic carbocycles. The molecule has 0 aromatic heterocycles. The molecule has 0 unspecified atom stereocenters. The molecule has 274 valence electrons. The largest absolute Gasteiger partial charge is 0.508 e. The summed E-state index contributed by atoms with van der Waals surface area (Å²) in [7, 11) is 0. The normalized spacial score (nSPS) is 13.9. The molecule has 6 nitrogen and oxygen atoms in total. The maximum absolute atomic E-state index is 12.1. The van der Waals surface area contributed by atoms with Crippen molar-refractivity contribution < 1.29 is 30.6 Å². The van der Waals surface area contributed by atoms with Gasteiger partial charge in [-0.2, -0.15) is 0 Å². The summed E-state index contributed by atoms with van der Waals surface area (Å²) in [5.41, 5.74) is 12.3. The lowest BCUT2D eigenvalue weighted by Crippen LogP contribution is -2.13. The predicted octanol–water partition coefficient (Wildman–Crippen LogP) is 9.29. The molecule has 6 aromatic rings. The zero-order chi connectivity index (χ0) is 38.1. The van der Waals surface area contributed by atoms with E-state index in [1.54, 1.807) is 12.1 Å². The number of benzene rings is 6. The Bertz CT molecular complexity index is 2480. The number of hydrogen-bond acceptors (Lipinski definition) is 6. The average molecular weight is 719 g/mol. The van der Waals surface area contributed by atoms with Crippen LogP contribution >= 0.6 is 0 Å². The van der Waals surface area contributed by atoms with Crippen molar-refractivity contribution >= 4 is 0 Å². The first-order valence-electron chi connectivity index (χ1n) is 18.6. The number of phenols is 6. The molecule has 54 heavy (non-hydrogen) atoms. The number of phenolic OH excluding ortho intramolecular Hbond substituents is 6. The van der Waals surface area contributed by atoms with E-state index in [1.807, 2.05) is 79.7 Å². The van der Waals surface area contributed by atoms with Gasteiger partial charge in [-0.15, -0.1) is 0 Å². The van der Waals surface area contributed by atoms with Crippen molar-refractivity contribution in [3.63, 3.8) is 0 Å². The van der Waals surface area contributed by atoms with Crippen molar-refractivity contribution in [2.75, 3.05) is 0 Å². The highest BCUT2D eigenvalue weighted by Crippen LogP contribution is 2.41. The van der Waals surface area contributed by atoms with E-state index in [4.69, 9.17) is 0 Å². The minimum absolute atomic E-state index is 0.119. The first-order chi connectivity index (χ1) is 25.7. The van der Waals surface area contributed by atoms with Crippen molar-refractivity contribution in [3.05, 3.63) is 174 Å². The average Bonchev–Trinajstić information content (AvgIpc) is 3.10. The quantitative estimate of drug-likeness (QED) is 0.0930. The fourth-order valence-electron chi connectivity index (χ4n) is 8.35. The van der Waals surface area contributed by atoms with Crippen molar-refractivity contribution in [2.24, 2.45) is 0 Å². The highest BCUT2D eigenvalue weighted by molar-refractivity contribution is 5.59. The summed E-state index contributed by atoms with van der Waals surface area (Å²) in [6, 6.07) is 26.9. The van der Waals surface area contributed by atoms with Gasteiger partial charge in [0.1, 0.15) is 34.5 Å². The van der Waals surface area contributed by atoms with Crippen LogP contribution in [0.3, 0.4) is 0 Å². The highest BCUT2D eigenvalue weighted by atomic mass is 16.3. The van der Waals surface area contributed by atoms with Gasteiger partial charge in [0.25, 0.3) is 0 Å². The van der Waals surface area contributed by atoms with Gasteiger partial charge in [-0.05, 0) is 121 Å². The zero-order valence-corrected chi connectivity index (χ0v) is 31.2. The van der Waals surface area contributed by atoms with Gasteiger partial charge in [0.05, 0.1) is 0 Å². The van der Waals surface area contributed by atoms with Crippen LogP contribution in [0.2, 0.25) is 0 Å². The van der Waals surface area contributed by atoms with Crippen LogP contribution in [-0.2, 0) is 50.4 Å². The molecule has 0 atom stereocenters. The minimum atomic E-state index is -0.235. The fourth-order valence-corrected chi connectivity index (χ4v) is 8.35. The van der Waals surface area contributed by atoms with Crippen LogP contribution in [-0.4, -0.2) is 30.6 Å². The molecule has 6 N–H and O–H groups in total. The van der Waals surface area contributed by atoms with E-state index in [-0.39, 0.29) is 59.2 Å². The Morgan fingerprint density at radius 1 is 0.352 bits per heavy atom. The van der Waals surface area contributed by atoms with Crippen LogP contribution in [0.4, 0.5) is 0 Å². The van der Waals surface area contributed by atoms with Crippen LogP contribution in [0.25, 0.3) is 0 Å². The maximum Gasteiger partial charge on any atom is 0.122 e. The summed E-state index contributed by atoms with van der Waals surface area (Å²) in [6.07, 6.45) is 2.40. The molecule has 0 aliphatic heterocycles. The molecule has 2 aliphatic rings. The number of fused-ring (bicyclic) bond motifs is 12. The van der Waals surface area contributed by atoms with Gasteiger partial charge in [0.2, 0.25) is 0 Å². The van der Waals surface area contributed by atoms with Gasteiger partial charge in [-0.3, -0.25) is 0 Å². The van der Waals surface area contributed by atoms with E-state index < -0.39 is 0 Å². The number of aromatic hydroxyl groups is 6. The van der Waals surface area contributed by atoms with Crippen molar-refractivity contribution in [3.8, 4) is 34.5 Å². The molecule has 8 rings (SSSR count). The summed E-state index contributed by atoms with van der Waals surface area (Å²) in [5.74, 6) is 0.817. The first kappa shape index (κ1) is 35.2. The van der Waals surface area contributed by atoms with Crippen molar-refractivity contribution in [2.45, 2.75) is 78.1 Å². The second-order valence-corrected chi connectivity index (χ2v) is 16.5. The molecular weight excluding hydrogens is 673 g/mol. The second kappa shape index (κ2) is 13.2. The molecule has 0 amide bonds. The Kier molecular flexibility index (Phi) is 8.60. The molecular formula is C48H46O6. The second-order valence-electron chi connectivity index (χ2n) is 16.5. The fraction of sp³-hybridized carbons (Fsp3) is 0.250. The SMILES string of the molecule is Cc1cc2c(O)c(c1)Cc1cc(C(C)(C)C)cc(c1O)Cc1cc3cc(c1O)Cc1cc(cc(c1O)C2)Cc1ccc(O)c(c1)Cc1cc(ccc1O)C3. The Morgan fingerprint density at radius 3 is 1.00 bits per heavy atom. The number of rotatable bonds is 0. The smallest absolute Gasteiger partial charge is 0.122 e. The summed E-state index contributed by atoms with van der Waals surface area (Å²) >= 11 is 0. The monoisotopic (exact) mass is 718 g/mol. The molecule has 2 aliphatic carbocycles. The molecule has 14 bridgehead atoms. The van der Waals surface area contributed by atoms with Crippen LogP contribution in [0.5, 0.6) is 34.5 Å². The summed E-state index contributed by atoms with van der Waals surface area (Å²) < 4.78 is 0. The van der Waals surface area contributed by atoms with E-state index in [2.05, 4.69) is 20.8 Å². The van der Waals surface area contributed by atoms with Gasteiger partial charge in [-0.25, -0.2) is 0 Å². The third-order valence-electron chi connectivity index (χ3n) is 11.2. The summed E-state index contributed by atoms with van der Waals surface area (Å²) in [4.78, 5) is 0. The molecule has 0 radical (unpaired) electrons. The van der Waals surface area contributed by atoms with E-state index in [0.29, 0.717) is 81.3 Å². The Labute approximate surface area is 316 Å².